The lowest BCUT2D eigenvalue weighted by Gasteiger charge is -1.98. The van der Waals surface area contributed by atoms with E-state index in [0.29, 0.717) is 11.3 Å². The summed E-state index contributed by atoms with van der Waals surface area (Å²) in [7, 11) is 0. The van der Waals surface area contributed by atoms with Crippen LogP contribution in [-0.2, 0) is 0 Å². The van der Waals surface area contributed by atoms with Crippen molar-refractivity contribution in [1.82, 2.24) is 9.38 Å². The van der Waals surface area contributed by atoms with Crippen LogP contribution in [0.15, 0.2) is 41.1 Å². The molecule has 0 amide bonds. The molecule has 0 unspecified atom stereocenters. The predicted octanol–water partition coefficient (Wildman–Crippen LogP) is 4.63. The molecule has 0 atom stereocenters. The maximum Gasteiger partial charge on any atom is 0.288 e. The molecule has 3 rings (SSSR count). The van der Waals surface area contributed by atoms with Crippen LogP contribution in [0.4, 0.5) is 5.69 Å². The Balaban J connectivity index is 2.19. The van der Waals surface area contributed by atoms with Crippen LogP contribution in [0.2, 0.25) is 5.02 Å². The third kappa shape index (κ3) is 2.52. The molecule has 0 aliphatic heterocycles. The Morgan fingerprint density at radius 2 is 2.10 bits per heavy atom. The van der Waals surface area contributed by atoms with Crippen LogP contribution in [0, 0.1) is 17.0 Å². The molecule has 1 aromatic carbocycles. The third-order valence-corrected chi connectivity index (χ3v) is 3.89. The first-order valence-electron chi connectivity index (χ1n) is 6.05. The molecule has 0 saturated carbocycles. The highest BCUT2D eigenvalue weighted by Gasteiger charge is 2.15. The lowest BCUT2D eigenvalue weighted by atomic mass is 10.1. The van der Waals surface area contributed by atoms with Gasteiger partial charge in [0, 0.05) is 28.5 Å². The van der Waals surface area contributed by atoms with Crippen LogP contribution >= 0.6 is 27.5 Å². The lowest BCUT2D eigenvalue weighted by Crippen LogP contribution is -1.90. The van der Waals surface area contributed by atoms with Gasteiger partial charge in [-0.25, -0.2) is 4.98 Å². The smallest absolute Gasteiger partial charge is 0.288 e. The fourth-order valence-corrected chi connectivity index (χ4v) is 2.93. The number of fused-ring (bicyclic) bond motifs is 1. The van der Waals surface area contributed by atoms with E-state index in [9.17, 15) is 10.1 Å². The maximum absolute atomic E-state index is 11.0. The molecule has 106 valence electrons. The number of nitrogens with zero attached hydrogens (tertiary/aromatic N) is 3. The molecule has 0 spiro atoms. The van der Waals surface area contributed by atoms with E-state index in [-0.39, 0.29) is 10.7 Å². The summed E-state index contributed by atoms with van der Waals surface area (Å²) in [5.74, 6) is 0. The molecule has 21 heavy (non-hydrogen) atoms. The van der Waals surface area contributed by atoms with Gasteiger partial charge in [-0.15, -0.1) is 0 Å². The summed E-state index contributed by atoms with van der Waals surface area (Å²) < 4.78 is 2.83. The molecule has 2 heterocycles. The van der Waals surface area contributed by atoms with E-state index in [1.807, 2.05) is 29.8 Å². The summed E-state index contributed by atoms with van der Waals surface area (Å²) in [6.07, 6.45) is 3.73. The second-order valence-corrected chi connectivity index (χ2v) is 5.94. The summed E-state index contributed by atoms with van der Waals surface area (Å²) in [4.78, 5) is 15.0. The summed E-state index contributed by atoms with van der Waals surface area (Å²) in [5, 5.41) is 11.1. The second-order valence-electron chi connectivity index (χ2n) is 4.62. The Labute approximate surface area is 133 Å². The van der Waals surface area contributed by atoms with Crippen molar-refractivity contribution in [3.8, 4) is 11.3 Å². The number of halogens is 2. The summed E-state index contributed by atoms with van der Waals surface area (Å²) >= 11 is 9.26. The van der Waals surface area contributed by atoms with E-state index < -0.39 is 4.92 Å². The van der Waals surface area contributed by atoms with Gasteiger partial charge in [0.05, 0.1) is 10.6 Å². The highest BCUT2D eigenvalue weighted by Crippen LogP contribution is 2.30. The molecule has 0 fully saturated rings. The Bertz CT molecular complexity index is 876. The monoisotopic (exact) mass is 365 g/mol. The van der Waals surface area contributed by atoms with E-state index in [2.05, 4.69) is 20.9 Å². The molecular weight excluding hydrogens is 358 g/mol. The average molecular weight is 367 g/mol. The van der Waals surface area contributed by atoms with Crippen molar-refractivity contribution in [3.63, 3.8) is 0 Å². The summed E-state index contributed by atoms with van der Waals surface area (Å²) in [6.45, 7) is 1.96. The van der Waals surface area contributed by atoms with Gasteiger partial charge in [0.2, 0.25) is 0 Å². The van der Waals surface area contributed by atoms with Gasteiger partial charge in [-0.2, -0.15) is 0 Å². The van der Waals surface area contributed by atoms with Crippen LogP contribution in [0.25, 0.3) is 16.9 Å². The largest absolute Gasteiger partial charge is 0.305 e. The fraction of sp³-hybridized carbons (Fsp3) is 0.0714. The van der Waals surface area contributed by atoms with Crippen LogP contribution in [0.3, 0.4) is 0 Å². The topological polar surface area (TPSA) is 60.4 Å². The SMILES string of the molecule is Cc1cc(Br)cn2cc(-c3ccc(Cl)c([N+](=O)[O-])c3)nc12. The van der Waals surface area contributed by atoms with Gasteiger partial charge in [-0.3, -0.25) is 10.1 Å². The lowest BCUT2D eigenvalue weighted by molar-refractivity contribution is -0.384. The zero-order chi connectivity index (χ0) is 15.1. The normalized spacial score (nSPS) is 11.0. The molecule has 5 nitrogen and oxygen atoms in total. The number of aryl methyl sites for hydroxylation is 1. The molecule has 0 radical (unpaired) electrons. The molecule has 0 aliphatic rings. The quantitative estimate of drug-likeness (QED) is 0.490. The predicted molar refractivity (Wildman–Crippen MR) is 84.7 cm³/mol. The van der Waals surface area contributed by atoms with Crippen molar-refractivity contribution < 1.29 is 4.92 Å². The molecule has 0 bridgehead atoms. The van der Waals surface area contributed by atoms with Gasteiger partial charge < -0.3 is 4.40 Å². The molecular formula is C14H9BrClN3O2. The van der Waals surface area contributed by atoms with Gasteiger partial charge in [0.1, 0.15) is 10.7 Å². The standard InChI is InChI=1S/C14H9BrClN3O2/c1-8-4-10(15)6-18-7-12(17-14(8)18)9-2-3-11(16)13(5-9)19(20)21/h2-7H,1H3. The number of nitro benzene ring substituents is 1. The molecule has 0 N–H and O–H groups in total. The van der Waals surface area contributed by atoms with Crippen molar-refractivity contribution in [2.75, 3.05) is 0 Å². The van der Waals surface area contributed by atoms with Crippen LogP contribution in [-0.4, -0.2) is 14.3 Å². The minimum Gasteiger partial charge on any atom is -0.305 e. The fourth-order valence-electron chi connectivity index (χ4n) is 2.18. The molecule has 2 aromatic heterocycles. The first kappa shape index (κ1) is 14.0. The Hall–Kier alpha value is -1.92. The number of hydrogen-bond acceptors (Lipinski definition) is 3. The zero-order valence-corrected chi connectivity index (χ0v) is 13.2. The first-order chi connectivity index (χ1) is 9.95. The van der Waals surface area contributed by atoms with E-state index in [0.717, 1.165) is 15.7 Å². The van der Waals surface area contributed by atoms with Crippen molar-refractivity contribution >= 4 is 38.9 Å². The highest BCUT2D eigenvalue weighted by atomic mass is 79.9. The zero-order valence-electron chi connectivity index (χ0n) is 10.9. The third-order valence-electron chi connectivity index (χ3n) is 3.14. The molecule has 0 saturated heterocycles. The molecule has 0 aliphatic carbocycles. The highest BCUT2D eigenvalue weighted by molar-refractivity contribution is 9.10. The van der Waals surface area contributed by atoms with E-state index in [1.165, 1.54) is 12.1 Å². The minimum atomic E-state index is -0.497. The Kier molecular flexibility index (Phi) is 3.43. The van der Waals surface area contributed by atoms with Crippen molar-refractivity contribution in [1.29, 1.82) is 0 Å². The van der Waals surface area contributed by atoms with E-state index in [4.69, 9.17) is 11.6 Å². The van der Waals surface area contributed by atoms with E-state index >= 15 is 0 Å². The number of rotatable bonds is 2. The summed E-state index contributed by atoms with van der Waals surface area (Å²) in [6, 6.07) is 6.65. The van der Waals surface area contributed by atoms with E-state index in [1.54, 1.807) is 6.07 Å². The minimum absolute atomic E-state index is 0.117. The number of nitro groups is 1. The molecule has 7 heteroatoms. The second kappa shape index (κ2) is 5.13. The average Bonchev–Trinajstić information content (AvgIpc) is 2.83. The van der Waals surface area contributed by atoms with Gasteiger partial charge in [0.25, 0.3) is 5.69 Å². The Morgan fingerprint density at radius 3 is 2.81 bits per heavy atom. The first-order valence-corrected chi connectivity index (χ1v) is 7.22. The van der Waals surface area contributed by atoms with Crippen molar-refractivity contribution in [2.24, 2.45) is 0 Å². The van der Waals surface area contributed by atoms with Gasteiger partial charge in [-0.1, -0.05) is 17.7 Å². The van der Waals surface area contributed by atoms with Crippen LogP contribution in [0.5, 0.6) is 0 Å². The number of benzene rings is 1. The number of pyridine rings is 1. The maximum atomic E-state index is 11.0. The number of aromatic nitrogens is 2. The van der Waals surface area contributed by atoms with Gasteiger partial charge in [0.15, 0.2) is 0 Å². The van der Waals surface area contributed by atoms with Crippen LogP contribution in [0.1, 0.15) is 5.56 Å². The molecule has 3 aromatic rings. The Morgan fingerprint density at radius 1 is 1.33 bits per heavy atom. The van der Waals surface area contributed by atoms with Crippen LogP contribution < -0.4 is 0 Å². The van der Waals surface area contributed by atoms with Gasteiger partial charge >= 0.3 is 0 Å². The van der Waals surface area contributed by atoms with Crippen molar-refractivity contribution in [2.45, 2.75) is 6.92 Å². The van der Waals surface area contributed by atoms with Crippen molar-refractivity contribution in [3.05, 3.63) is 61.8 Å². The number of imidazole rings is 1. The van der Waals surface area contributed by atoms with Gasteiger partial charge in [-0.05, 0) is 40.5 Å². The summed E-state index contributed by atoms with van der Waals surface area (Å²) in [5.41, 5.74) is 3.02. The number of hydrogen-bond donors (Lipinski definition) is 0.